The summed E-state index contributed by atoms with van der Waals surface area (Å²) in [6.07, 6.45) is 8.43. The highest BCUT2D eigenvalue weighted by molar-refractivity contribution is 7.11. The van der Waals surface area contributed by atoms with Crippen molar-refractivity contribution < 1.29 is 0 Å². The first-order valence-corrected chi connectivity index (χ1v) is 7.95. The highest BCUT2D eigenvalue weighted by atomic mass is 32.1. The zero-order valence-corrected chi connectivity index (χ0v) is 11.8. The Balaban J connectivity index is 1.74. The van der Waals surface area contributed by atoms with Crippen molar-refractivity contribution in [3.05, 3.63) is 10.0 Å². The standard InChI is InChI=1S/C14H21N3S/c1-13-3-9-2-10(4-13)6-14(5-9,8-13)12-17-16-11(7-15)18-12/h9-10H,2-8,15H2,1H3. The Hall–Kier alpha value is -0.480. The van der Waals surface area contributed by atoms with Crippen LogP contribution in [0.3, 0.4) is 0 Å². The van der Waals surface area contributed by atoms with Gasteiger partial charge in [-0.2, -0.15) is 0 Å². The summed E-state index contributed by atoms with van der Waals surface area (Å²) in [7, 11) is 0. The fourth-order valence-corrected chi connectivity index (χ4v) is 6.45. The van der Waals surface area contributed by atoms with Crippen molar-refractivity contribution in [2.45, 2.75) is 57.4 Å². The van der Waals surface area contributed by atoms with Crippen molar-refractivity contribution in [1.82, 2.24) is 10.2 Å². The van der Waals surface area contributed by atoms with Crippen LogP contribution >= 0.6 is 11.3 Å². The maximum atomic E-state index is 5.69. The average molecular weight is 263 g/mol. The molecule has 5 rings (SSSR count). The van der Waals surface area contributed by atoms with E-state index in [2.05, 4.69) is 17.1 Å². The Morgan fingerprint density at radius 3 is 2.50 bits per heavy atom. The van der Waals surface area contributed by atoms with E-state index >= 15 is 0 Å². The molecule has 1 aromatic heterocycles. The summed E-state index contributed by atoms with van der Waals surface area (Å²) in [4.78, 5) is 0. The molecule has 3 nitrogen and oxygen atoms in total. The van der Waals surface area contributed by atoms with Gasteiger partial charge in [-0.15, -0.1) is 10.2 Å². The lowest BCUT2D eigenvalue weighted by molar-refractivity contribution is -0.0618. The first-order chi connectivity index (χ1) is 8.61. The molecule has 4 bridgehead atoms. The van der Waals surface area contributed by atoms with Gasteiger partial charge < -0.3 is 5.73 Å². The highest BCUT2D eigenvalue weighted by Gasteiger charge is 2.57. The van der Waals surface area contributed by atoms with Crippen LogP contribution in [0.4, 0.5) is 0 Å². The molecule has 18 heavy (non-hydrogen) atoms. The molecule has 0 aliphatic heterocycles. The molecule has 0 radical (unpaired) electrons. The number of nitrogens with two attached hydrogens (primary N) is 1. The maximum Gasteiger partial charge on any atom is 0.131 e. The van der Waals surface area contributed by atoms with Crippen molar-refractivity contribution in [2.24, 2.45) is 23.0 Å². The lowest BCUT2D eigenvalue weighted by Gasteiger charge is -2.60. The SMILES string of the molecule is CC12CC3CC(C1)CC(c1nnc(CN)s1)(C3)C2. The third-order valence-electron chi connectivity index (χ3n) is 5.45. The molecule has 2 N–H and O–H groups in total. The molecule has 4 fully saturated rings. The van der Waals surface area contributed by atoms with Gasteiger partial charge in [0.25, 0.3) is 0 Å². The van der Waals surface area contributed by atoms with Crippen molar-refractivity contribution in [3.8, 4) is 0 Å². The molecular weight excluding hydrogens is 242 g/mol. The largest absolute Gasteiger partial charge is 0.324 e. The molecule has 98 valence electrons. The fourth-order valence-electron chi connectivity index (χ4n) is 5.52. The summed E-state index contributed by atoms with van der Waals surface area (Å²) in [6, 6.07) is 0. The summed E-state index contributed by atoms with van der Waals surface area (Å²) in [5.41, 5.74) is 6.64. The normalized spacial score (nSPS) is 45.7. The third-order valence-corrected chi connectivity index (χ3v) is 6.64. The molecule has 4 aliphatic rings. The summed E-state index contributed by atoms with van der Waals surface area (Å²) in [6.45, 7) is 3.04. The summed E-state index contributed by atoms with van der Waals surface area (Å²) in [5, 5.41) is 11.1. The molecule has 4 saturated carbocycles. The van der Waals surface area contributed by atoms with Crippen LogP contribution < -0.4 is 5.73 Å². The van der Waals surface area contributed by atoms with E-state index in [0.717, 1.165) is 16.8 Å². The number of aromatic nitrogens is 2. The van der Waals surface area contributed by atoms with E-state index in [9.17, 15) is 0 Å². The minimum atomic E-state index is 0.365. The number of hydrogen-bond donors (Lipinski definition) is 1. The highest BCUT2D eigenvalue weighted by Crippen LogP contribution is 2.65. The summed E-state index contributed by atoms with van der Waals surface area (Å²) < 4.78 is 0. The van der Waals surface area contributed by atoms with Gasteiger partial charge in [0.15, 0.2) is 0 Å². The zero-order valence-electron chi connectivity index (χ0n) is 11.0. The molecule has 2 unspecified atom stereocenters. The molecular formula is C14H21N3S. The lowest BCUT2D eigenvalue weighted by Crippen LogP contribution is -2.52. The lowest BCUT2D eigenvalue weighted by atomic mass is 9.45. The molecule has 2 atom stereocenters. The molecule has 0 saturated heterocycles. The molecule has 4 heteroatoms. The van der Waals surface area contributed by atoms with E-state index < -0.39 is 0 Å². The second-order valence-corrected chi connectivity index (χ2v) is 8.32. The van der Waals surface area contributed by atoms with Crippen LogP contribution in [0, 0.1) is 17.3 Å². The minimum Gasteiger partial charge on any atom is -0.324 e. The Morgan fingerprint density at radius 1 is 1.22 bits per heavy atom. The van der Waals surface area contributed by atoms with E-state index in [1.165, 1.54) is 43.5 Å². The van der Waals surface area contributed by atoms with Gasteiger partial charge >= 0.3 is 0 Å². The smallest absolute Gasteiger partial charge is 0.131 e. The summed E-state index contributed by atoms with van der Waals surface area (Å²) >= 11 is 1.77. The van der Waals surface area contributed by atoms with Crippen LogP contribution in [0.25, 0.3) is 0 Å². The van der Waals surface area contributed by atoms with Crippen LogP contribution in [0.5, 0.6) is 0 Å². The van der Waals surface area contributed by atoms with Gasteiger partial charge in [0.1, 0.15) is 10.0 Å². The first kappa shape index (κ1) is 11.4. The van der Waals surface area contributed by atoms with Gasteiger partial charge in [0.2, 0.25) is 0 Å². The predicted molar refractivity (Wildman–Crippen MR) is 72.3 cm³/mol. The van der Waals surface area contributed by atoms with E-state index in [0.29, 0.717) is 17.4 Å². The number of rotatable bonds is 2. The van der Waals surface area contributed by atoms with E-state index in [-0.39, 0.29) is 0 Å². The molecule has 4 aliphatic carbocycles. The molecule has 0 spiro atoms. The Kier molecular flexibility index (Phi) is 2.23. The van der Waals surface area contributed by atoms with Crippen LogP contribution in [0.1, 0.15) is 55.5 Å². The monoisotopic (exact) mass is 263 g/mol. The molecule has 0 aromatic carbocycles. The summed E-state index contributed by atoms with van der Waals surface area (Å²) in [5.74, 6) is 1.89. The first-order valence-electron chi connectivity index (χ1n) is 7.14. The fraction of sp³-hybridized carbons (Fsp3) is 0.857. The van der Waals surface area contributed by atoms with Gasteiger partial charge in [0.05, 0.1) is 0 Å². The Morgan fingerprint density at radius 2 is 1.94 bits per heavy atom. The topological polar surface area (TPSA) is 51.8 Å². The molecule has 1 aromatic rings. The van der Waals surface area contributed by atoms with Crippen LogP contribution in [0.15, 0.2) is 0 Å². The van der Waals surface area contributed by atoms with Crippen LogP contribution in [-0.4, -0.2) is 10.2 Å². The number of hydrogen-bond acceptors (Lipinski definition) is 4. The second-order valence-electron chi connectivity index (χ2n) is 7.26. The Bertz CT molecular complexity index is 467. The van der Waals surface area contributed by atoms with Gasteiger partial charge in [-0.05, 0) is 55.8 Å². The predicted octanol–water partition coefficient (Wildman–Crippen LogP) is 2.85. The molecule has 0 amide bonds. The van der Waals surface area contributed by atoms with Gasteiger partial charge in [-0.3, -0.25) is 0 Å². The Labute approximate surface area is 112 Å². The third kappa shape index (κ3) is 1.51. The van der Waals surface area contributed by atoms with Crippen molar-refractivity contribution in [3.63, 3.8) is 0 Å². The zero-order chi connectivity index (χ0) is 12.4. The van der Waals surface area contributed by atoms with E-state index in [1.807, 2.05) is 0 Å². The quantitative estimate of drug-likeness (QED) is 0.892. The maximum absolute atomic E-state index is 5.69. The van der Waals surface area contributed by atoms with Crippen LogP contribution in [0.2, 0.25) is 0 Å². The van der Waals surface area contributed by atoms with E-state index in [1.54, 1.807) is 11.3 Å². The molecule has 1 heterocycles. The second kappa shape index (κ2) is 3.54. The minimum absolute atomic E-state index is 0.365. The average Bonchev–Trinajstić information content (AvgIpc) is 2.74. The van der Waals surface area contributed by atoms with Crippen LogP contribution in [-0.2, 0) is 12.0 Å². The number of nitrogens with zero attached hydrogens (tertiary/aromatic N) is 2. The van der Waals surface area contributed by atoms with Gasteiger partial charge in [-0.1, -0.05) is 18.3 Å². The van der Waals surface area contributed by atoms with Crippen molar-refractivity contribution >= 4 is 11.3 Å². The van der Waals surface area contributed by atoms with Gasteiger partial charge in [-0.25, -0.2) is 0 Å². The van der Waals surface area contributed by atoms with Crippen molar-refractivity contribution in [2.75, 3.05) is 0 Å². The van der Waals surface area contributed by atoms with Gasteiger partial charge in [0, 0.05) is 12.0 Å². The van der Waals surface area contributed by atoms with Crippen molar-refractivity contribution in [1.29, 1.82) is 0 Å². The van der Waals surface area contributed by atoms with E-state index in [4.69, 9.17) is 5.73 Å².